The van der Waals surface area contributed by atoms with Gasteiger partial charge in [0, 0.05) is 10.6 Å². The number of hydrogen-bond donors (Lipinski definition) is 2. The molecule has 7 heteroatoms. The smallest absolute Gasteiger partial charge is 0.216 e. The highest BCUT2D eigenvalue weighted by Gasteiger charge is 1.99. The Hall–Kier alpha value is -1.66. The number of nitrogens with one attached hydrogen (secondary N) is 1. The third-order valence-electron chi connectivity index (χ3n) is 1.85. The minimum Gasteiger partial charge on any atom is -0.507 e. The highest BCUT2D eigenvalue weighted by Crippen LogP contribution is 2.19. The van der Waals surface area contributed by atoms with Gasteiger partial charge in [-0.05, 0) is 30.4 Å². The number of nitrogens with zero attached hydrogens (tertiary/aromatic N) is 3. The van der Waals surface area contributed by atoms with E-state index in [1.165, 1.54) is 23.3 Å². The van der Waals surface area contributed by atoms with Crippen molar-refractivity contribution in [2.24, 2.45) is 5.10 Å². The van der Waals surface area contributed by atoms with E-state index in [4.69, 9.17) is 23.8 Å². The minimum absolute atomic E-state index is 0.100. The van der Waals surface area contributed by atoms with Crippen LogP contribution < -0.4 is 0 Å². The second-order valence-corrected chi connectivity index (χ2v) is 3.78. The molecule has 0 aliphatic carbocycles. The van der Waals surface area contributed by atoms with E-state index >= 15 is 0 Å². The van der Waals surface area contributed by atoms with Crippen molar-refractivity contribution >= 4 is 30.0 Å². The van der Waals surface area contributed by atoms with Crippen molar-refractivity contribution in [2.75, 3.05) is 0 Å². The number of aromatic amines is 1. The summed E-state index contributed by atoms with van der Waals surface area (Å²) in [6.45, 7) is 0. The minimum atomic E-state index is 0.100. The van der Waals surface area contributed by atoms with Crippen LogP contribution in [-0.4, -0.2) is 26.2 Å². The van der Waals surface area contributed by atoms with Gasteiger partial charge in [0.25, 0.3) is 0 Å². The maximum atomic E-state index is 9.52. The molecule has 82 valence electrons. The lowest BCUT2D eigenvalue weighted by Gasteiger charge is -1.98. The average Bonchev–Trinajstić information content (AvgIpc) is 2.66. The molecule has 16 heavy (non-hydrogen) atoms. The Morgan fingerprint density at radius 2 is 2.38 bits per heavy atom. The van der Waals surface area contributed by atoms with Crippen LogP contribution in [0.15, 0.2) is 29.6 Å². The zero-order valence-corrected chi connectivity index (χ0v) is 9.53. The zero-order valence-electron chi connectivity index (χ0n) is 7.96. The van der Waals surface area contributed by atoms with Gasteiger partial charge in [-0.1, -0.05) is 11.6 Å². The Balaban J connectivity index is 2.34. The summed E-state index contributed by atoms with van der Waals surface area (Å²) in [5.74, 6) is 0.100. The molecule has 2 rings (SSSR count). The van der Waals surface area contributed by atoms with Crippen molar-refractivity contribution in [1.29, 1.82) is 0 Å². The molecule has 0 spiro atoms. The Labute approximate surface area is 101 Å². The van der Waals surface area contributed by atoms with Gasteiger partial charge < -0.3 is 5.11 Å². The lowest BCUT2D eigenvalue weighted by Crippen LogP contribution is -1.89. The molecule has 1 aromatic heterocycles. The molecule has 0 aliphatic rings. The summed E-state index contributed by atoms with van der Waals surface area (Å²) >= 11 is 10.7. The van der Waals surface area contributed by atoms with Crippen LogP contribution in [0.1, 0.15) is 5.56 Å². The summed E-state index contributed by atoms with van der Waals surface area (Å²) in [7, 11) is 0. The lowest BCUT2D eigenvalue weighted by molar-refractivity contribution is 0.474. The standard InChI is InChI=1S/C9H7ClN4OS/c10-7-1-2-8(15)6(3-7)4-12-14-5-11-13-9(14)16/h1-5,15H,(H,13,16)/b12-4+. The van der Waals surface area contributed by atoms with Crippen LogP contribution in [0.5, 0.6) is 5.75 Å². The predicted octanol–water partition coefficient (Wildman–Crippen LogP) is 2.18. The first-order chi connectivity index (χ1) is 7.66. The first-order valence-corrected chi connectivity index (χ1v) is 5.10. The van der Waals surface area contributed by atoms with E-state index < -0.39 is 0 Å². The summed E-state index contributed by atoms with van der Waals surface area (Å²) < 4.78 is 1.74. The summed E-state index contributed by atoms with van der Waals surface area (Å²) in [6, 6.07) is 4.69. The van der Waals surface area contributed by atoms with Crippen molar-refractivity contribution < 1.29 is 5.11 Å². The van der Waals surface area contributed by atoms with Gasteiger partial charge in [-0.3, -0.25) is 5.10 Å². The van der Waals surface area contributed by atoms with E-state index in [9.17, 15) is 5.11 Å². The Morgan fingerprint density at radius 1 is 1.56 bits per heavy atom. The largest absolute Gasteiger partial charge is 0.507 e. The highest BCUT2D eigenvalue weighted by atomic mass is 35.5. The molecule has 1 aromatic carbocycles. The number of H-pyrrole nitrogens is 1. The van der Waals surface area contributed by atoms with E-state index in [0.717, 1.165) is 0 Å². The fourth-order valence-electron chi connectivity index (χ4n) is 1.08. The van der Waals surface area contributed by atoms with Crippen molar-refractivity contribution in [1.82, 2.24) is 14.9 Å². The van der Waals surface area contributed by atoms with E-state index in [0.29, 0.717) is 15.4 Å². The van der Waals surface area contributed by atoms with Gasteiger partial charge in [0.2, 0.25) is 4.77 Å². The molecule has 0 aliphatic heterocycles. The second kappa shape index (κ2) is 4.46. The molecule has 5 nitrogen and oxygen atoms in total. The molecule has 0 bridgehead atoms. The van der Waals surface area contributed by atoms with E-state index in [1.807, 2.05) is 0 Å². The topological polar surface area (TPSA) is 66.2 Å². The van der Waals surface area contributed by atoms with Gasteiger partial charge in [-0.15, -0.1) is 0 Å². The average molecular weight is 255 g/mol. The van der Waals surface area contributed by atoms with Crippen LogP contribution in [0.4, 0.5) is 0 Å². The van der Waals surface area contributed by atoms with Gasteiger partial charge in [0.15, 0.2) is 0 Å². The fraction of sp³-hybridized carbons (Fsp3) is 0. The van der Waals surface area contributed by atoms with E-state index in [1.54, 1.807) is 12.1 Å². The van der Waals surface area contributed by atoms with Crippen LogP contribution in [0.2, 0.25) is 5.02 Å². The highest BCUT2D eigenvalue weighted by molar-refractivity contribution is 7.71. The van der Waals surface area contributed by atoms with Crippen LogP contribution in [-0.2, 0) is 0 Å². The molecule has 2 aromatic rings. The normalized spacial score (nSPS) is 11.1. The lowest BCUT2D eigenvalue weighted by atomic mass is 10.2. The first-order valence-electron chi connectivity index (χ1n) is 4.32. The summed E-state index contributed by atoms with van der Waals surface area (Å²) in [5.41, 5.74) is 0.510. The van der Waals surface area contributed by atoms with Gasteiger partial charge in [-0.2, -0.15) is 14.9 Å². The maximum Gasteiger partial charge on any atom is 0.216 e. The number of halogens is 1. The molecule has 0 saturated carbocycles. The van der Waals surface area contributed by atoms with E-state index in [-0.39, 0.29) is 5.75 Å². The Kier molecular flexibility index (Phi) is 3.02. The monoisotopic (exact) mass is 254 g/mol. The van der Waals surface area contributed by atoms with Gasteiger partial charge in [0.1, 0.15) is 12.1 Å². The Morgan fingerprint density at radius 3 is 3.06 bits per heavy atom. The number of benzene rings is 1. The molecule has 0 fully saturated rings. The molecule has 0 atom stereocenters. The number of rotatable bonds is 2. The second-order valence-electron chi connectivity index (χ2n) is 2.95. The van der Waals surface area contributed by atoms with Crippen LogP contribution in [0.3, 0.4) is 0 Å². The summed E-state index contributed by atoms with van der Waals surface area (Å²) in [5, 5.41) is 20.3. The zero-order chi connectivity index (χ0) is 11.5. The van der Waals surface area contributed by atoms with E-state index in [2.05, 4.69) is 15.3 Å². The Bertz CT molecular complexity index is 589. The van der Waals surface area contributed by atoms with Crippen LogP contribution in [0.25, 0.3) is 0 Å². The van der Waals surface area contributed by atoms with Gasteiger partial charge in [0.05, 0.1) is 6.21 Å². The van der Waals surface area contributed by atoms with Crippen molar-refractivity contribution in [3.8, 4) is 5.75 Å². The SMILES string of the molecule is Oc1ccc(Cl)cc1/C=N/n1cn[nH]c1=S. The van der Waals surface area contributed by atoms with Crippen LogP contribution in [0, 0.1) is 4.77 Å². The number of phenolic OH excluding ortho intramolecular Hbond substituents is 1. The van der Waals surface area contributed by atoms with Gasteiger partial charge >= 0.3 is 0 Å². The third-order valence-corrected chi connectivity index (χ3v) is 2.36. The first kappa shape index (κ1) is 10.8. The number of aromatic hydroxyl groups is 1. The number of aromatic nitrogens is 3. The molecule has 1 heterocycles. The number of hydrogen-bond acceptors (Lipinski definition) is 4. The fourth-order valence-corrected chi connectivity index (χ4v) is 1.41. The molecular weight excluding hydrogens is 248 g/mol. The number of phenols is 1. The molecular formula is C9H7ClN4OS. The third kappa shape index (κ3) is 2.29. The van der Waals surface area contributed by atoms with Crippen LogP contribution >= 0.6 is 23.8 Å². The van der Waals surface area contributed by atoms with Crippen molar-refractivity contribution in [3.63, 3.8) is 0 Å². The van der Waals surface area contributed by atoms with Gasteiger partial charge in [-0.25, -0.2) is 0 Å². The molecule has 0 saturated heterocycles. The quantitative estimate of drug-likeness (QED) is 0.638. The van der Waals surface area contributed by atoms with Crippen molar-refractivity contribution in [3.05, 3.63) is 39.9 Å². The van der Waals surface area contributed by atoms with Crippen molar-refractivity contribution in [2.45, 2.75) is 0 Å². The summed E-state index contributed by atoms with van der Waals surface area (Å²) in [4.78, 5) is 0. The maximum absolute atomic E-state index is 9.52. The molecule has 2 N–H and O–H groups in total. The summed E-state index contributed by atoms with van der Waals surface area (Å²) in [6.07, 6.45) is 2.88. The molecule has 0 radical (unpaired) electrons. The molecule has 0 amide bonds. The predicted molar refractivity (Wildman–Crippen MR) is 63.5 cm³/mol. The molecule has 0 unspecified atom stereocenters.